The Kier molecular flexibility index (Phi) is 8.87. The van der Waals surface area contributed by atoms with Crippen LogP contribution in [-0.4, -0.2) is 49.6 Å². The molecule has 6 nitrogen and oxygen atoms in total. The fraction of sp³-hybridized carbons (Fsp3) is 0.231. The Bertz CT molecular complexity index is 1230. The fourth-order valence-electron chi connectivity index (χ4n) is 3.36. The van der Waals surface area contributed by atoms with Gasteiger partial charge in [0.1, 0.15) is 22.8 Å². The van der Waals surface area contributed by atoms with Crippen molar-refractivity contribution in [3.05, 3.63) is 78.4 Å². The lowest BCUT2D eigenvalue weighted by Gasteiger charge is -2.22. The molecule has 0 aliphatic heterocycles. The molecule has 0 saturated carbocycles. The molecule has 34 heavy (non-hydrogen) atoms. The number of fused-ring (bicyclic) bond motifs is 1. The van der Waals surface area contributed by atoms with Crippen LogP contribution in [0.4, 0.5) is 5.13 Å². The van der Waals surface area contributed by atoms with Gasteiger partial charge in [-0.15, -0.1) is 12.4 Å². The van der Waals surface area contributed by atoms with Crippen molar-refractivity contribution >= 4 is 45.0 Å². The summed E-state index contributed by atoms with van der Waals surface area (Å²) in [6.45, 7) is 3.73. The summed E-state index contributed by atoms with van der Waals surface area (Å²) < 4.78 is 12.7. The smallest absolute Gasteiger partial charge is 0.260 e. The number of carbonyl (C=O) groups excluding carboxylic acids is 1. The summed E-state index contributed by atoms with van der Waals surface area (Å²) >= 11 is 1.49. The van der Waals surface area contributed by atoms with E-state index in [1.807, 2.05) is 92.6 Å². The molecule has 1 heterocycles. The van der Waals surface area contributed by atoms with E-state index in [2.05, 4.69) is 0 Å². The van der Waals surface area contributed by atoms with Crippen molar-refractivity contribution in [2.45, 2.75) is 6.92 Å². The van der Waals surface area contributed by atoms with Gasteiger partial charge in [-0.25, -0.2) is 4.98 Å². The molecule has 0 N–H and O–H groups in total. The van der Waals surface area contributed by atoms with Crippen LogP contribution in [0.3, 0.4) is 0 Å². The topological polar surface area (TPSA) is 54.9 Å². The number of halogens is 1. The van der Waals surface area contributed by atoms with Gasteiger partial charge in [0.05, 0.1) is 11.3 Å². The fourth-order valence-corrected chi connectivity index (χ4v) is 4.36. The van der Waals surface area contributed by atoms with E-state index in [1.54, 1.807) is 11.0 Å². The minimum absolute atomic E-state index is 0. The zero-order chi connectivity index (χ0) is 23.2. The molecule has 0 radical (unpaired) electrons. The van der Waals surface area contributed by atoms with Gasteiger partial charge < -0.3 is 14.4 Å². The largest absolute Gasteiger partial charge is 0.492 e. The molecule has 4 rings (SSSR count). The van der Waals surface area contributed by atoms with Crippen LogP contribution in [0.2, 0.25) is 0 Å². The summed E-state index contributed by atoms with van der Waals surface area (Å²) in [5, 5.41) is 0.651. The summed E-state index contributed by atoms with van der Waals surface area (Å²) in [5.74, 6) is 1.95. The van der Waals surface area contributed by atoms with Crippen LogP contribution in [0.5, 0.6) is 17.2 Å². The Hall–Kier alpha value is -3.13. The molecule has 4 aromatic rings. The number of anilines is 1. The number of hydrogen-bond acceptors (Lipinski definition) is 6. The van der Waals surface area contributed by atoms with Crippen molar-refractivity contribution in [3.63, 3.8) is 0 Å². The van der Waals surface area contributed by atoms with E-state index in [-0.39, 0.29) is 18.3 Å². The SMILES string of the molecule is CCOc1cccc2sc(N(CCN(C)C)C(=O)c3cccc(Oc4ccccc4)c3)nc12.Cl. The van der Waals surface area contributed by atoms with Crippen molar-refractivity contribution in [2.24, 2.45) is 0 Å². The number of ether oxygens (including phenoxy) is 2. The molecule has 0 unspecified atom stereocenters. The quantitative estimate of drug-likeness (QED) is 0.279. The van der Waals surface area contributed by atoms with Crippen molar-refractivity contribution in [1.29, 1.82) is 0 Å². The highest BCUT2D eigenvalue weighted by molar-refractivity contribution is 7.22. The van der Waals surface area contributed by atoms with Gasteiger partial charge in [0.25, 0.3) is 5.91 Å². The second-order valence-corrected chi connectivity index (χ2v) is 8.74. The van der Waals surface area contributed by atoms with Gasteiger partial charge in [0.2, 0.25) is 0 Å². The lowest BCUT2D eigenvalue weighted by Crippen LogP contribution is -2.36. The highest BCUT2D eigenvalue weighted by Gasteiger charge is 2.23. The van der Waals surface area contributed by atoms with E-state index in [0.29, 0.717) is 36.1 Å². The molecule has 3 aromatic carbocycles. The van der Waals surface area contributed by atoms with Gasteiger partial charge >= 0.3 is 0 Å². The maximum Gasteiger partial charge on any atom is 0.260 e. The number of aromatic nitrogens is 1. The molecular formula is C26H28ClN3O3S. The van der Waals surface area contributed by atoms with Gasteiger partial charge in [-0.2, -0.15) is 0 Å². The minimum Gasteiger partial charge on any atom is -0.492 e. The number of rotatable bonds is 9. The maximum atomic E-state index is 13.6. The van der Waals surface area contributed by atoms with Gasteiger partial charge in [0.15, 0.2) is 5.13 Å². The molecule has 1 aromatic heterocycles. The number of nitrogens with zero attached hydrogens (tertiary/aromatic N) is 3. The highest BCUT2D eigenvalue weighted by atomic mass is 35.5. The summed E-state index contributed by atoms with van der Waals surface area (Å²) in [7, 11) is 3.98. The first-order valence-electron chi connectivity index (χ1n) is 10.9. The Morgan fingerprint density at radius 3 is 2.41 bits per heavy atom. The first-order chi connectivity index (χ1) is 16.0. The number of benzene rings is 3. The summed E-state index contributed by atoms with van der Waals surface area (Å²) in [6, 6.07) is 22.7. The lowest BCUT2D eigenvalue weighted by molar-refractivity contribution is 0.0985. The van der Waals surface area contributed by atoms with Crippen molar-refractivity contribution in [1.82, 2.24) is 9.88 Å². The number of hydrogen-bond donors (Lipinski definition) is 0. The molecule has 0 saturated heterocycles. The highest BCUT2D eigenvalue weighted by Crippen LogP contribution is 2.35. The van der Waals surface area contributed by atoms with Crippen LogP contribution in [0, 0.1) is 0 Å². The van der Waals surface area contributed by atoms with E-state index in [9.17, 15) is 4.79 Å². The Labute approximate surface area is 210 Å². The number of likely N-dealkylation sites (N-methyl/N-ethyl adjacent to an activating group) is 1. The second kappa shape index (κ2) is 11.8. The molecule has 0 aliphatic carbocycles. The summed E-state index contributed by atoms with van der Waals surface area (Å²) in [5.41, 5.74) is 1.33. The molecule has 0 spiro atoms. The summed E-state index contributed by atoms with van der Waals surface area (Å²) in [4.78, 5) is 22.2. The van der Waals surface area contributed by atoms with Gasteiger partial charge in [-0.05, 0) is 63.5 Å². The molecule has 1 amide bonds. The Balaban J connectivity index is 0.00000324. The first kappa shape index (κ1) is 25.5. The average molecular weight is 498 g/mol. The van der Waals surface area contributed by atoms with Crippen LogP contribution >= 0.6 is 23.7 Å². The third-order valence-corrected chi connectivity index (χ3v) is 6.02. The number of para-hydroxylation sites is 2. The molecular weight excluding hydrogens is 470 g/mol. The van der Waals surface area contributed by atoms with E-state index in [0.717, 1.165) is 21.7 Å². The van der Waals surface area contributed by atoms with Crippen LogP contribution in [-0.2, 0) is 0 Å². The lowest BCUT2D eigenvalue weighted by atomic mass is 10.2. The van der Waals surface area contributed by atoms with E-state index < -0.39 is 0 Å². The predicted molar refractivity (Wildman–Crippen MR) is 141 cm³/mol. The summed E-state index contributed by atoms with van der Waals surface area (Å²) in [6.07, 6.45) is 0. The van der Waals surface area contributed by atoms with E-state index in [4.69, 9.17) is 14.5 Å². The zero-order valence-corrected chi connectivity index (χ0v) is 21.1. The Morgan fingerprint density at radius 1 is 0.941 bits per heavy atom. The normalized spacial score (nSPS) is 10.7. The van der Waals surface area contributed by atoms with Crippen LogP contribution < -0.4 is 14.4 Å². The number of amides is 1. The third-order valence-electron chi connectivity index (χ3n) is 4.98. The van der Waals surface area contributed by atoms with Crippen molar-refractivity contribution in [3.8, 4) is 17.2 Å². The zero-order valence-electron chi connectivity index (χ0n) is 19.4. The van der Waals surface area contributed by atoms with Gasteiger partial charge in [-0.3, -0.25) is 9.69 Å². The Morgan fingerprint density at radius 2 is 1.68 bits per heavy atom. The van der Waals surface area contributed by atoms with Crippen LogP contribution in [0.25, 0.3) is 10.2 Å². The second-order valence-electron chi connectivity index (χ2n) is 7.74. The molecule has 178 valence electrons. The van der Waals surface area contributed by atoms with Crippen molar-refractivity contribution < 1.29 is 14.3 Å². The third kappa shape index (κ3) is 6.05. The van der Waals surface area contributed by atoms with Crippen LogP contribution in [0.1, 0.15) is 17.3 Å². The molecule has 0 bridgehead atoms. The van der Waals surface area contributed by atoms with E-state index in [1.165, 1.54) is 11.3 Å². The molecule has 0 fully saturated rings. The average Bonchev–Trinajstić information content (AvgIpc) is 3.25. The minimum atomic E-state index is -0.118. The molecule has 0 aliphatic rings. The standard InChI is InChI=1S/C26H27N3O3S.ClH/c1-4-31-22-14-9-15-23-24(22)27-26(33-23)29(17-16-28(2)3)25(30)19-10-8-13-21(18-19)32-20-11-6-5-7-12-20;/h5-15,18H,4,16-17H2,1-3H3;1H. The van der Waals surface area contributed by atoms with Crippen LogP contribution in [0.15, 0.2) is 72.8 Å². The van der Waals surface area contributed by atoms with E-state index >= 15 is 0 Å². The monoisotopic (exact) mass is 497 g/mol. The predicted octanol–water partition coefficient (Wildman–Crippen LogP) is 6.12. The maximum absolute atomic E-state index is 13.6. The molecule has 8 heteroatoms. The van der Waals surface area contributed by atoms with Gasteiger partial charge in [0, 0.05) is 18.7 Å². The molecule has 0 atom stereocenters. The van der Waals surface area contributed by atoms with Crippen molar-refractivity contribution in [2.75, 3.05) is 38.7 Å². The number of thiazole rings is 1. The number of carbonyl (C=O) groups is 1. The first-order valence-corrected chi connectivity index (χ1v) is 11.7. The van der Waals surface area contributed by atoms with Gasteiger partial charge in [-0.1, -0.05) is 41.7 Å².